The Bertz CT molecular complexity index is 611. The summed E-state index contributed by atoms with van der Waals surface area (Å²) in [6.45, 7) is 4.38. The lowest BCUT2D eigenvalue weighted by Crippen LogP contribution is -2.31. The van der Waals surface area contributed by atoms with Crippen molar-refractivity contribution in [3.05, 3.63) is 22.7 Å². The molecule has 2 N–H and O–H groups in total. The summed E-state index contributed by atoms with van der Waals surface area (Å²) in [4.78, 5) is 11.4. The van der Waals surface area contributed by atoms with Gasteiger partial charge < -0.3 is 19.5 Å². The van der Waals surface area contributed by atoms with Gasteiger partial charge in [0.2, 0.25) is 0 Å². The van der Waals surface area contributed by atoms with Crippen LogP contribution in [0.1, 0.15) is 19.4 Å². The number of nitrogens with one attached hydrogen (secondary N) is 2. The molecule has 0 saturated heterocycles. The van der Waals surface area contributed by atoms with Crippen molar-refractivity contribution >= 4 is 41.1 Å². The Kier molecular flexibility index (Phi) is 8.88. The lowest BCUT2D eigenvalue weighted by atomic mass is 10.2. The van der Waals surface area contributed by atoms with Gasteiger partial charge in [-0.2, -0.15) is 5.10 Å². The van der Waals surface area contributed by atoms with Gasteiger partial charge in [0.1, 0.15) is 0 Å². The SMILES string of the molecule is CCNC(=S)N/N=C\c1cc(Cl)c(OCC(=O)OCC)c(OC)c1. The largest absolute Gasteiger partial charge is 0.493 e. The first-order valence-electron chi connectivity index (χ1n) is 7.24. The van der Waals surface area contributed by atoms with Crippen LogP contribution in [0.15, 0.2) is 17.2 Å². The van der Waals surface area contributed by atoms with Gasteiger partial charge in [-0.25, -0.2) is 4.79 Å². The van der Waals surface area contributed by atoms with Crippen molar-refractivity contribution in [2.75, 3.05) is 26.9 Å². The van der Waals surface area contributed by atoms with E-state index in [2.05, 4.69) is 15.8 Å². The molecule has 0 heterocycles. The van der Waals surface area contributed by atoms with Gasteiger partial charge in [0, 0.05) is 6.54 Å². The first-order chi connectivity index (χ1) is 11.5. The summed E-state index contributed by atoms with van der Waals surface area (Å²) in [5, 5.41) is 7.61. The van der Waals surface area contributed by atoms with E-state index in [0.717, 1.165) is 0 Å². The second-order valence-electron chi connectivity index (χ2n) is 4.36. The minimum absolute atomic E-state index is 0.254. The number of esters is 1. The molecule has 9 heteroatoms. The molecule has 0 radical (unpaired) electrons. The first-order valence-corrected chi connectivity index (χ1v) is 8.03. The van der Waals surface area contributed by atoms with Gasteiger partial charge in [0.25, 0.3) is 0 Å². The molecule has 0 fully saturated rings. The van der Waals surface area contributed by atoms with E-state index in [-0.39, 0.29) is 24.0 Å². The normalized spacial score (nSPS) is 10.3. The Labute approximate surface area is 151 Å². The van der Waals surface area contributed by atoms with E-state index in [1.54, 1.807) is 19.1 Å². The van der Waals surface area contributed by atoms with E-state index in [9.17, 15) is 4.79 Å². The van der Waals surface area contributed by atoms with Crippen LogP contribution < -0.4 is 20.2 Å². The average molecular weight is 374 g/mol. The molecule has 0 aliphatic heterocycles. The molecule has 0 saturated carbocycles. The van der Waals surface area contributed by atoms with Crippen molar-refractivity contribution in [3.63, 3.8) is 0 Å². The maximum atomic E-state index is 11.4. The van der Waals surface area contributed by atoms with Crippen molar-refractivity contribution in [2.24, 2.45) is 5.10 Å². The number of rotatable bonds is 8. The van der Waals surface area contributed by atoms with Gasteiger partial charge in [-0.1, -0.05) is 11.6 Å². The molecular weight excluding hydrogens is 354 g/mol. The third-order valence-corrected chi connectivity index (χ3v) is 3.12. The monoisotopic (exact) mass is 373 g/mol. The molecule has 0 atom stereocenters. The van der Waals surface area contributed by atoms with E-state index in [0.29, 0.717) is 23.0 Å². The predicted octanol–water partition coefficient (Wildman–Crippen LogP) is 2.11. The summed E-state index contributed by atoms with van der Waals surface area (Å²) in [7, 11) is 1.47. The van der Waals surface area contributed by atoms with E-state index >= 15 is 0 Å². The van der Waals surface area contributed by atoms with Crippen LogP contribution in [0, 0.1) is 0 Å². The number of methoxy groups -OCH3 is 1. The average Bonchev–Trinajstić information content (AvgIpc) is 2.54. The molecule has 0 spiro atoms. The molecule has 0 bridgehead atoms. The minimum Gasteiger partial charge on any atom is -0.493 e. The molecule has 132 valence electrons. The third kappa shape index (κ3) is 6.59. The number of ether oxygens (including phenoxy) is 3. The number of hydrogen-bond donors (Lipinski definition) is 2. The molecule has 1 aromatic carbocycles. The van der Waals surface area contributed by atoms with E-state index in [1.165, 1.54) is 13.3 Å². The van der Waals surface area contributed by atoms with Gasteiger partial charge in [-0.15, -0.1) is 0 Å². The Hall–Kier alpha value is -2.06. The number of benzene rings is 1. The zero-order chi connectivity index (χ0) is 17.9. The molecule has 1 aromatic rings. The smallest absolute Gasteiger partial charge is 0.344 e. The number of nitrogens with zero attached hydrogens (tertiary/aromatic N) is 1. The fourth-order valence-corrected chi connectivity index (χ4v) is 2.12. The van der Waals surface area contributed by atoms with Gasteiger partial charge in [-0.05, 0) is 43.8 Å². The summed E-state index contributed by atoms with van der Waals surface area (Å²) in [6, 6.07) is 3.31. The summed E-state index contributed by atoms with van der Waals surface area (Å²) in [5.74, 6) is 0.158. The summed E-state index contributed by atoms with van der Waals surface area (Å²) < 4.78 is 15.4. The molecule has 0 aliphatic carbocycles. The Balaban J connectivity index is 2.81. The van der Waals surface area contributed by atoms with Crippen molar-refractivity contribution < 1.29 is 19.0 Å². The summed E-state index contributed by atoms with van der Waals surface area (Å²) >= 11 is 11.2. The van der Waals surface area contributed by atoms with Crippen molar-refractivity contribution in [3.8, 4) is 11.5 Å². The zero-order valence-corrected chi connectivity index (χ0v) is 15.3. The Morgan fingerprint density at radius 1 is 1.42 bits per heavy atom. The lowest BCUT2D eigenvalue weighted by molar-refractivity contribution is -0.145. The standard InChI is InChI=1S/C15H20ClN3O4S/c1-4-17-15(24)19-18-8-10-6-11(16)14(12(7-10)21-3)23-9-13(20)22-5-2/h6-8H,4-5,9H2,1-3H3,(H2,17,19,24)/b18-8-. The maximum Gasteiger partial charge on any atom is 0.344 e. The fourth-order valence-electron chi connectivity index (χ4n) is 1.65. The van der Waals surface area contributed by atoms with Crippen LogP contribution >= 0.6 is 23.8 Å². The molecule has 0 aromatic heterocycles. The number of hydrogen-bond acceptors (Lipinski definition) is 6. The van der Waals surface area contributed by atoms with E-state index in [4.69, 9.17) is 38.0 Å². The number of carbonyl (C=O) groups excluding carboxylic acids is 1. The summed E-state index contributed by atoms with van der Waals surface area (Å²) in [6.07, 6.45) is 1.53. The number of halogens is 1. The molecule has 24 heavy (non-hydrogen) atoms. The third-order valence-electron chi connectivity index (χ3n) is 2.61. The second-order valence-corrected chi connectivity index (χ2v) is 5.17. The van der Waals surface area contributed by atoms with Crippen LogP contribution in [-0.2, 0) is 9.53 Å². The topological polar surface area (TPSA) is 81.2 Å². The number of carbonyl (C=O) groups is 1. The van der Waals surface area contributed by atoms with Gasteiger partial charge in [-0.3, -0.25) is 5.43 Å². The molecule has 0 unspecified atom stereocenters. The van der Waals surface area contributed by atoms with E-state index in [1.807, 2.05) is 6.92 Å². The Morgan fingerprint density at radius 3 is 2.79 bits per heavy atom. The summed E-state index contributed by atoms with van der Waals surface area (Å²) in [5.41, 5.74) is 3.34. The number of thiocarbonyl (C=S) groups is 1. The van der Waals surface area contributed by atoms with Crippen LogP contribution in [0.5, 0.6) is 11.5 Å². The van der Waals surface area contributed by atoms with Crippen molar-refractivity contribution in [1.82, 2.24) is 10.7 Å². The fraction of sp³-hybridized carbons (Fsp3) is 0.400. The zero-order valence-electron chi connectivity index (χ0n) is 13.7. The highest BCUT2D eigenvalue weighted by atomic mass is 35.5. The second kappa shape index (κ2) is 10.7. The number of hydrazone groups is 1. The van der Waals surface area contributed by atoms with Crippen molar-refractivity contribution in [2.45, 2.75) is 13.8 Å². The van der Waals surface area contributed by atoms with Crippen LogP contribution in [-0.4, -0.2) is 44.2 Å². The van der Waals surface area contributed by atoms with E-state index < -0.39 is 5.97 Å². The Morgan fingerprint density at radius 2 is 2.17 bits per heavy atom. The van der Waals surface area contributed by atoms with Crippen LogP contribution in [0.25, 0.3) is 0 Å². The van der Waals surface area contributed by atoms with Gasteiger partial charge >= 0.3 is 5.97 Å². The molecular formula is C15H20ClN3O4S. The highest BCUT2D eigenvalue weighted by Gasteiger charge is 2.13. The first kappa shape index (κ1) is 20.0. The maximum absolute atomic E-state index is 11.4. The van der Waals surface area contributed by atoms with Gasteiger partial charge in [0.05, 0.1) is 25.0 Å². The van der Waals surface area contributed by atoms with Crippen LogP contribution in [0.4, 0.5) is 0 Å². The van der Waals surface area contributed by atoms with Crippen LogP contribution in [0.2, 0.25) is 5.02 Å². The highest BCUT2D eigenvalue weighted by molar-refractivity contribution is 7.80. The molecule has 1 rings (SSSR count). The highest BCUT2D eigenvalue weighted by Crippen LogP contribution is 2.36. The molecule has 0 aliphatic rings. The van der Waals surface area contributed by atoms with Gasteiger partial charge in [0.15, 0.2) is 23.2 Å². The van der Waals surface area contributed by atoms with Crippen molar-refractivity contribution in [1.29, 1.82) is 0 Å². The predicted molar refractivity (Wildman–Crippen MR) is 97.1 cm³/mol. The molecule has 7 nitrogen and oxygen atoms in total. The lowest BCUT2D eigenvalue weighted by Gasteiger charge is -2.12. The quantitative estimate of drug-likeness (QED) is 0.312. The minimum atomic E-state index is -0.484. The molecule has 0 amide bonds. The van der Waals surface area contributed by atoms with Crippen LogP contribution in [0.3, 0.4) is 0 Å².